The number of halogens is 1. The fraction of sp³-hybridized carbons (Fsp3) is 0.533. The monoisotopic (exact) mass is 315 g/mol. The summed E-state index contributed by atoms with van der Waals surface area (Å²) in [4.78, 5) is 13.1. The Bertz CT molecular complexity index is 471. The molecule has 2 N–H and O–H groups in total. The molecule has 20 heavy (non-hydrogen) atoms. The van der Waals surface area contributed by atoms with Crippen LogP contribution in [0.1, 0.15) is 37.6 Å². The van der Waals surface area contributed by atoms with E-state index in [0.717, 1.165) is 4.90 Å². The molecular formula is C15H22ClNO2S. The van der Waals surface area contributed by atoms with Crippen molar-refractivity contribution in [2.24, 2.45) is 5.41 Å². The van der Waals surface area contributed by atoms with Gasteiger partial charge in [0.1, 0.15) is 0 Å². The molecular weight excluding hydrogens is 294 g/mol. The lowest BCUT2D eigenvalue weighted by atomic mass is 9.87. The van der Waals surface area contributed by atoms with E-state index in [2.05, 4.69) is 5.32 Å². The SMILES string of the molecule is CSc1ccc(Cl)c(C(=O)NCC[C@H](O)C(C)(C)C)c1. The van der Waals surface area contributed by atoms with Crippen LogP contribution in [0.25, 0.3) is 0 Å². The number of carbonyl (C=O) groups is 1. The zero-order valence-corrected chi connectivity index (χ0v) is 13.9. The molecule has 0 radical (unpaired) electrons. The summed E-state index contributed by atoms with van der Waals surface area (Å²) in [7, 11) is 0. The van der Waals surface area contributed by atoms with Crippen LogP contribution < -0.4 is 5.32 Å². The Labute approximate surface area is 130 Å². The van der Waals surface area contributed by atoms with Gasteiger partial charge in [0.2, 0.25) is 0 Å². The molecule has 0 aliphatic heterocycles. The highest BCUT2D eigenvalue weighted by atomic mass is 35.5. The summed E-state index contributed by atoms with van der Waals surface area (Å²) in [6, 6.07) is 5.39. The summed E-state index contributed by atoms with van der Waals surface area (Å²) in [5.74, 6) is -0.202. The molecule has 3 nitrogen and oxygen atoms in total. The first-order valence-electron chi connectivity index (χ1n) is 6.55. The van der Waals surface area contributed by atoms with Gasteiger partial charge in [-0.15, -0.1) is 11.8 Å². The number of aliphatic hydroxyl groups excluding tert-OH is 1. The maximum atomic E-state index is 12.1. The molecule has 112 valence electrons. The van der Waals surface area contributed by atoms with Crippen LogP contribution in [-0.2, 0) is 0 Å². The van der Waals surface area contributed by atoms with Crippen molar-refractivity contribution in [3.8, 4) is 0 Å². The molecule has 0 aliphatic rings. The zero-order valence-electron chi connectivity index (χ0n) is 12.4. The third-order valence-electron chi connectivity index (χ3n) is 3.12. The lowest BCUT2D eigenvalue weighted by Gasteiger charge is -2.25. The van der Waals surface area contributed by atoms with E-state index >= 15 is 0 Å². The van der Waals surface area contributed by atoms with E-state index in [1.807, 2.05) is 33.1 Å². The number of aliphatic hydroxyl groups is 1. The summed E-state index contributed by atoms with van der Waals surface area (Å²) in [6.45, 7) is 6.34. The first kappa shape index (κ1) is 17.3. The van der Waals surface area contributed by atoms with E-state index in [9.17, 15) is 9.90 Å². The second-order valence-corrected chi connectivity index (χ2v) is 7.06. The highest BCUT2D eigenvalue weighted by Gasteiger charge is 2.21. The molecule has 0 saturated heterocycles. The van der Waals surface area contributed by atoms with Crippen molar-refractivity contribution in [3.05, 3.63) is 28.8 Å². The normalized spacial score (nSPS) is 13.1. The summed E-state index contributed by atoms with van der Waals surface area (Å²) in [5, 5.41) is 13.2. The van der Waals surface area contributed by atoms with Crippen LogP contribution in [0.4, 0.5) is 0 Å². The second-order valence-electron chi connectivity index (χ2n) is 5.77. The lowest BCUT2D eigenvalue weighted by Crippen LogP contribution is -2.32. The molecule has 1 atom stereocenters. The van der Waals surface area contributed by atoms with Crippen molar-refractivity contribution < 1.29 is 9.90 Å². The largest absolute Gasteiger partial charge is 0.393 e. The van der Waals surface area contributed by atoms with Gasteiger partial charge in [-0.3, -0.25) is 4.79 Å². The Morgan fingerprint density at radius 3 is 2.65 bits per heavy atom. The predicted molar refractivity (Wildman–Crippen MR) is 85.6 cm³/mol. The highest BCUT2D eigenvalue weighted by Crippen LogP contribution is 2.23. The molecule has 0 aromatic heterocycles. The highest BCUT2D eigenvalue weighted by molar-refractivity contribution is 7.98. The number of hydrogen-bond acceptors (Lipinski definition) is 3. The Balaban J connectivity index is 2.59. The van der Waals surface area contributed by atoms with E-state index in [-0.39, 0.29) is 11.3 Å². The van der Waals surface area contributed by atoms with Crippen LogP contribution in [-0.4, -0.2) is 29.9 Å². The Hall–Kier alpha value is -0.710. The minimum atomic E-state index is -0.448. The average molecular weight is 316 g/mol. The third kappa shape index (κ3) is 5.00. The summed E-state index contributed by atoms with van der Waals surface area (Å²) in [5.41, 5.74) is 0.296. The Kier molecular flexibility index (Phi) is 6.37. The van der Waals surface area contributed by atoms with Crippen LogP contribution in [0, 0.1) is 5.41 Å². The van der Waals surface area contributed by atoms with Gasteiger partial charge in [0.05, 0.1) is 16.7 Å². The van der Waals surface area contributed by atoms with Crippen LogP contribution in [0.3, 0.4) is 0 Å². The van der Waals surface area contributed by atoms with Gasteiger partial charge in [-0.25, -0.2) is 0 Å². The molecule has 5 heteroatoms. The van der Waals surface area contributed by atoms with Crippen LogP contribution in [0.15, 0.2) is 23.1 Å². The molecule has 1 aromatic rings. The van der Waals surface area contributed by atoms with Gasteiger partial charge >= 0.3 is 0 Å². The van der Waals surface area contributed by atoms with Gasteiger partial charge in [0.25, 0.3) is 5.91 Å². The Morgan fingerprint density at radius 1 is 1.45 bits per heavy atom. The maximum absolute atomic E-state index is 12.1. The van der Waals surface area contributed by atoms with E-state index in [0.29, 0.717) is 23.6 Å². The quantitative estimate of drug-likeness (QED) is 0.816. The van der Waals surface area contributed by atoms with Crippen molar-refractivity contribution >= 4 is 29.3 Å². The standard InChI is InChI=1S/C15H22ClNO2S/c1-15(2,3)13(18)7-8-17-14(19)11-9-10(20-4)5-6-12(11)16/h5-6,9,13,18H,7-8H2,1-4H3,(H,17,19)/t13-/m0/s1. The van der Waals surface area contributed by atoms with E-state index in [4.69, 9.17) is 11.6 Å². The van der Waals surface area contributed by atoms with E-state index in [1.54, 1.807) is 23.9 Å². The predicted octanol–water partition coefficient (Wildman–Crippen LogP) is 3.59. The molecule has 1 rings (SSSR count). The number of carbonyl (C=O) groups excluding carboxylic acids is 1. The van der Waals surface area contributed by atoms with Crippen molar-refractivity contribution in [2.45, 2.75) is 38.2 Å². The third-order valence-corrected chi connectivity index (χ3v) is 4.18. The smallest absolute Gasteiger partial charge is 0.252 e. The van der Waals surface area contributed by atoms with Crippen molar-refractivity contribution in [1.29, 1.82) is 0 Å². The molecule has 0 unspecified atom stereocenters. The van der Waals surface area contributed by atoms with Gasteiger partial charge < -0.3 is 10.4 Å². The molecule has 1 amide bonds. The summed E-state index contributed by atoms with van der Waals surface area (Å²) >= 11 is 7.61. The number of thioether (sulfide) groups is 1. The second kappa shape index (κ2) is 7.34. The first-order chi connectivity index (χ1) is 9.25. The Morgan fingerprint density at radius 2 is 2.10 bits per heavy atom. The number of benzene rings is 1. The fourth-order valence-electron chi connectivity index (χ4n) is 1.66. The molecule has 0 aliphatic carbocycles. The molecule has 0 fully saturated rings. The van der Waals surface area contributed by atoms with Gasteiger partial charge in [0, 0.05) is 11.4 Å². The van der Waals surface area contributed by atoms with Crippen LogP contribution in [0.5, 0.6) is 0 Å². The molecule has 0 spiro atoms. The molecule has 0 bridgehead atoms. The minimum absolute atomic E-state index is 0.179. The van der Waals surface area contributed by atoms with Gasteiger partial charge in [-0.1, -0.05) is 32.4 Å². The van der Waals surface area contributed by atoms with Crippen LogP contribution in [0.2, 0.25) is 5.02 Å². The van der Waals surface area contributed by atoms with E-state index < -0.39 is 6.10 Å². The van der Waals surface area contributed by atoms with Gasteiger partial charge in [-0.05, 0) is 36.3 Å². The van der Waals surface area contributed by atoms with Crippen LogP contribution >= 0.6 is 23.4 Å². The van der Waals surface area contributed by atoms with Gasteiger partial charge in [0.15, 0.2) is 0 Å². The first-order valence-corrected chi connectivity index (χ1v) is 8.15. The topological polar surface area (TPSA) is 49.3 Å². The lowest BCUT2D eigenvalue weighted by molar-refractivity contribution is 0.0551. The van der Waals surface area contributed by atoms with Gasteiger partial charge in [-0.2, -0.15) is 0 Å². The van der Waals surface area contributed by atoms with Crippen molar-refractivity contribution in [2.75, 3.05) is 12.8 Å². The minimum Gasteiger partial charge on any atom is -0.393 e. The molecule has 1 aromatic carbocycles. The summed E-state index contributed by atoms with van der Waals surface area (Å²) in [6.07, 6.45) is 2.02. The fourth-order valence-corrected chi connectivity index (χ4v) is 2.30. The molecule has 0 heterocycles. The van der Waals surface area contributed by atoms with E-state index in [1.165, 1.54) is 0 Å². The number of nitrogens with one attached hydrogen (secondary N) is 1. The number of hydrogen-bond donors (Lipinski definition) is 2. The number of rotatable bonds is 5. The average Bonchev–Trinajstić information content (AvgIpc) is 2.37. The zero-order chi connectivity index (χ0) is 15.3. The van der Waals surface area contributed by atoms with Crippen molar-refractivity contribution in [1.82, 2.24) is 5.32 Å². The summed E-state index contributed by atoms with van der Waals surface area (Å²) < 4.78 is 0. The van der Waals surface area contributed by atoms with Crippen molar-refractivity contribution in [3.63, 3.8) is 0 Å². The molecule has 0 saturated carbocycles. The number of amides is 1. The maximum Gasteiger partial charge on any atom is 0.252 e.